The van der Waals surface area contributed by atoms with E-state index in [1.165, 1.54) is 0 Å². The number of amides is 1. The Hall–Kier alpha value is -1.41. The topological polar surface area (TPSA) is 55.4 Å². The standard InChI is InChI=1S/C14H20F5NO3/c15-10(14(18,19)13(16)17)8-23-12(22)7-6-11(21)20-9-4-2-1-3-5-9/h9-10,13H,1-8H2,(H,20,21)/t10-/m1/s1. The first-order valence-electron chi connectivity index (χ1n) is 7.48. The molecule has 0 unspecified atom stereocenters. The van der Waals surface area contributed by atoms with Gasteiger partial charge in [0.2, 0.25) is 12.1 Å². The van der Waals surface area contributed by atoms with Crippen molar-refractivity contribution in [2.24, 2.45) is 0 Å². The number of ether oxygens (including phenoxy) is 1. The van der Waals surface area contributed by atoms with Crippen molar-refractivity contribution in [2.75, 3.05) is 6.61 Å². The third kappa shape index (κ3) is 6.70. The summed E-state index contributed by atoms with van der Waals surface area (Å²) >= 11 is 0. The fourth-order valence-electron chi connectivity index (χ4n) is 2.25. The van der Waals surface area contributed by atoms with Gasteiger partial charge in [-0.2, -0.15) is 8.78 Å². The molecule has 23 heavy (non-hydrogen) atoms. The molecule has 0 aromatic carbocycles. The molecule has 1 aliphatic carbocycles. The summed E-state index contributed by atoms with van der Waals surface area (Å²) in [5, 5.41) is 2.74. The first-order valence-corrected chi connectivity index (χ1v) is 7.48. The molecule has 1 N–H and O–H groups in total. The Labute approximate surface area is 130 Å². The lowest BCUT2D eigenvalue weighted by Crippen LogP contribution is -2.41. The quantitative estimate of drug-likeness (QED) is 0.543. The summed E-state index contributed by atoms with van der Waals surface area (Å²) in [6, 6.07) is 0.0622. The highest BCUT2D eigenvalue weighted by atomic mass is 19.3. The lowest BCUT2D eigenvalue weighted by molar-refractivity contribution is -0.186. The van der Waals surface area contributed by atoms with Gasteiger partial charge in [0.05, 0.1) is 6.42 Å². The average molecular weight is 345 g/mol. The molecule has 0 radical (unpaired) electrons. The molecule has 9 heteroatoms. The van der Waals surface area contributed by atoms with Crippen molar-refractivity contribution in [2.45, 2.75) is 69.5 Å². The second kappa shape index (κ2) is 9.02. The first kappa shape index (κ1) is 19.6. The lowest BCUT2D eigenvalue weighted by Gasteiger charge is -2.22. The number of nitrogens with one attached hydrogen (secondary N) is 1. The molecule has 0 aromatic rings. The van der Waals surface area contributed by atoms with Gasteiger partial charge in [-0.3, -0.25) is 9.59 Å². The van der Waals surface area contributed by atoms with Gasteiger partial charge >= 0.3 is 18.3 Å². The molecule has 1 saturated carbocycles. The maximum Gasteiger partial charge on any atom is 0.341 e. The molecule has 1 rings (SSSR count). The van der Waals surface area contributed by atoms with Gasteiger partial charge < -0.3 is 10.1 Å². The number of rotatable bonds is 8. The summed E-state index contributed by atoms with van der Waals surface area (Å²) in [6.45, 7) is -1.47. The van der Waals surface area contributed by atoms with Gasteiger partial charge in [-0.05, 0) is 12.8 Å². The van der Waals surface area contributed by atoms with Gasteiger partial charge in [0.25, 0.3) is 0 Å². The zero-order valence-corrected chi connectivity index (χ0v) is 12.5. The molecule has 0 bridgehead atoms. The molecule has 1 atom stereocenters. The zero-order chi connectivity index (χ0) is 17.5. The summed E-state index contributed by atoms with van der Waals surface area (Å²) < 4.78 is 66.0. The summed E-state index contributed by atoms with van der Waals surface area (Å²) in [4.78, 5) is 22.8. The monoisotopic (exact) mass is 345 g/mol. The van der Waals surface area contributed by atoms with Crippen molar-refractivity contribution in [1.82, 2.24) is 5.32 Å². The minimum atomic E-state index is -4.88. The molecular weight excluding hydrogens is 325 g/mol. The van der Waals surface area contributed by atoms with Crippen LogP contribution in [0.4, 0.5) is 22.0 Å². The van der Waals surface area contributed by atoms with Crippen LogP contribution in [0, 0.1) is 0 Å². The summed E-state index contributed by atoms with van der Waals surface area (Å²) in [6.07, 6.45) is -3.24. The number of halogens is 5. The van der Waals surface area contributed by atoms with E-state index in [9.17, 15) is 31.5 Å². The van der Waals surface area contributed by atoms with Crippen LogP contribution in [-0.2, 0) is 14.3 Å². The van der Waals surface area contributed by atoms with E-state index in [4.69, 9.17) is 0 Å². The summed E-state index contributed by atoms with van der Waals surface area (Å²) in [5.41, 5.74) is 0. The lowest BCUT2D eigenvalue weighted by atomic mass is 9.95. The van der Waals surface area contributed by atoms with Crippen LogP contribution in [0.15, 0.2) is 0 Å². The van der Waals surface area contributed by atoms with Crippen LogP contribution in [-0.4, -0.2) is 43.0 Å². The molecule has 0 aromatic heterocycles. The minimum absolute atomic E-state index is 0.0622. The number of carbonyl (C=O) groups is 2. The Bertz CT molecular complexity index is 400. The molecule has 0 saturated heterocycles. The predicted molar refractivity (Wildman–Crippen MR) is 71.1 cm³/mol. The van der Waals surface area contributed by atoms with Crippen LogP contribution in [0.1, 0.15) is 44.9 Å². The highest BCUT2D eigenvalue weighted by Crippen LogP contribution is 2.29. The molecule has 4 nitrogen and oxygen atoms in total. The molecule has 0 spiro atoms. The SMILES string of the molecule is O=C(CCC(=O)OC[C@@H](F)C(F)(F)C(F)F)NC1CCCCC1. The van der Waals surface area contributed by atoms with Crippen molar-refractivity contribution in [3.8, 4) is 0 Å². The number of alkyl halides is 5. The van der Waals surface area contributed by atoms with E-state index >= 15 is 0 Å². The number of esters is 1. The zero-order valence-electron chi connectivity index (χ0n) is 12.5. The van der Waals surface area contributed by atoms with Crippen LogP contribution in [0.25, 0.3) is 0 Å². The Morgan fingerprint density at radius 1 is 1.09 bits per heavy atom. The van der Waals surface area contributed by atoms with Gasteiger partial charge in [-0.25, -0.2) is 13.2 Å². The third-order valence-electron chi connectivity index (χ3n) is 3.63. The first-order chi connectivity index (χ1) is 10.7. The van der Waals surface area contributed by atoms with E-state index in [0.717, 1.165) is 32.1 Å². The third-order valence-corrected chi connectivity index (χ3v) is 3.63. The normalized spacial score (nSPS) is 17.8. The number of hydrogen-bond donors (Lipinski definition) is 1. The fraction of sp³-hybridized carbons (Fsp3) is 0.857. The van der Waals surface area contributed by atoms with Gasteiger partial charge in [0, 0.05) is 12.5 Å². The largest absolute Gasteiger partial charge is 0.462 e. The van der Waals surface area contributed by atoms with Crippen molar-refractivity contribution in [1.29, 1.82) is 0 Å². The van der Waals surface area contributed by atoms with E-state index < -0.39 is 37.5 Å². The fourth-order valence-corrected chi connectivity index (χ4v) is 2.25. The van der Waals surface area contributed by atoms with E-state index in [2.05, 4.69) is 10.1 Å². The molecule has 0 heterocycles. The summed E-state index contributed by atoms with van der Waals surface area (Å²) in [5.74, 6) is -6.35. The van der Waals surface area contributed by atoms with Crippen molar-refractivity contribution < 1.29 is 36.3 Å². The molecule has 1 amide bonds. The van der Waals surface area contributed by atoms with Crippen LogP contribution in [0.5, 0.6) is 0 Å². The smallest absolute Gasteiger partial charge is 0.341 e. The molecule has 134 valence electrons. The summed E-state index contributed by atoms with van der Waals surface area (Å²) in [7, 11) is 0. The van der Waals surface area contributed by atoms with Gasteiger partial charge in [0.15, 0.2) is 0 Å². The van der Waals surface area contributed by atoms with Crippen LogP contribution < -0.4 is 5.32 Å². The molecular formula is C14H20F5NO3. The second-order valence-electron chi connectivity index (χ2n) is 5.53. The highest BCUT2D eigenvalue weighted by molar-refractivity contribution is 5.81. The number of hydrogen-bond acceptors (Lipinski definition) is 3. The Morgan fingerprint density at radius 2 is 1.70 bits per heavy atom. The maximum absolute atomic E-state index is 12.9. The number of carbonyl (C=O) groups excluding carboxylic acids is 2. The van der Waals surface area contributed by atoms with Crippen molar-refractivity contribution in [3.63, 3.8) is 0 Å². The second-order valence-corrected chi connectivity index (χ2v) is 5.53. The van der Waals surface area contributed by atoms with Crippen LogP contribution in [0.2, 0.25) is 0 Å². The Balaban J connectivity index is 2.22. The molecule has 1 fully saturated rings. The average Bonchev–Trinajstić information content (AvgIpc) is 2.51. The van der Waals surface area contributed by atoms with Crippen molar-refractivity contribution >= 4 is 11.9 Å². The van der Waals surface area contributed by atoms with Gasteiger partial charge in [-0.15, -0.1) is 0 Å². The van der Waals surface area contributed by atoms with E-state index in [-0.39, 0.29) is 18.4 Å². The van der Waals surface area contributed by atoms with Gasteiger partial charge in [0.1, 0.15) is 6.61 Å². The van der Waals surface area contributed by atoms with Crippen LogP contribution in [0.3, 0.4) is 0 Å². The van der Waals surface area contributed by atoms with Crippen molar-refractivity contribution in [3.05, 3.63) is 0 Å². The molecule has 0 aliphatic heterocycles. The predicted octanol–water partition coefficient (Wildman–Crippen LogP) is 3.00. The van der Waals surface area contributed by atoms with Gasteiger partial charge in [-0.1, -0.05) is 19.3 Å². The van der Waals surface area contributed by atoms with E-state index in [1.807, 2.05) is 0 Å². The maximum atomic E-state index is 12.9. The van der Waals surface area contributed by atoms with Crippen LogP contribution >= 0.6 is 0 Å². The van der Waals surface area contributed by atoms with E-state index in [1.54, 1.807) is 0 Å². The Kier molecular flexibility index (Phi) is 7.70. The minimum Gasteiger partial charge on any atom is -0.462 e. The van der Waals surface area contributed by atoms with E-state index in [0.29, 0.717) is 0 Å². The molecule has 1 aliphatic rings. The highest BCUT2D eigenvalue weighted by Gasteiger charge is 2.50. The Morgan fingerprint density at radius 3 is 2.26 bits per heavy atom.